The lowest BCUT2D eigenvalue weighted by Gasteiger charge is -2.39. The number of carbonyl (C=O) groups is 2. The summed E-state index contributed by atoms with van der Waals surface area (Å²) in [4.78, 5) is 29.1. The molecule has 164 valence electrons. The Labute approximate surface area is 194 Å². The molecule has 0 fully saturated rings. The Hall–Kier alpha value is -2.89. The van der Waals surface area contributed by atoms with Crippen molar-refractivity contribution >= 4 is 39.4 Å². The van der Waals surface area contributed by atoms with Crippen LogP contribution >= 0.6 is 22.7 Å². The van der Waals surface area contributed by atoms with Crippen LogP contribution in [0, 0.1) is 11.3 Å². The van der Waals surface area contributed by atoms with Crippen LogP contribution in [0.1, 0.15) is 64.4 Å². The zero-order valence-corrected chi connectivity index (χ0v) is 19.4. The van der Waals surface area contributed by atoms with Crippen molar-refractivity contribution in [2.24, 2.45) is 5.73 Å². The number of allylic oxidation sites excluding steroid dienone is 3. The second kappa shape index (κ2) is 8.23. The number of ketones is 1. The Morgan fingerprint density at radius 1 is 1.25 bits per heavy atom. The van der Waals surface area contributed by atoms with Gasteiger partial charge in [0.05, 0.1) is 30.2 Å². The third-order valence-corrected chi connectivity index (χ3v) is 8.51. The van der Waals surface area contributed by atoms with Gasteiger partial charge >= 0.3 is 5.97 Å². The molecule has 2 aliphatic carbocycles. The quantitative estimate of drug-likeness (QED) is 0.656. The van der Waals surface area contributed by atoms with Crippen molar-refractivity contribution in [1.82, 2.24) is 0 Å². The largest absolute Gasteiger partial charge is 0.465 e. The third-order valence-electron chi connectivity index (χ3n) is 6.54. The van der Waals surface area contributed by atoms with Crippen LogP contribution in [-0.2, 0) is 22.4 Å². The summed E-state index contributed by atoms with van der Waals surface area (Å²) in [5.41, 5.74) is 11.0. The molecular formula is C24H23N3O3S2. The van der Waals surface area contributed by atoms with Crippen molar-refractivity contribution in [3.63, 3.8) is 0 Å². The van der Waals surface area contributed by atoms with E-state index in [1.165, 1.54) is 23.3 Å². The number of nitriles is 1. The van der Waals surface area contributed by atoms with Crippen molar-refractivity contribution < 1.29 is 14.3 Å². The number of esters is 1. The number of rotatable bonds is 3. The van der Waals surface area contributed by atoms with E-state index in [1.54, 1.807) is 11.3 Å². The van der Waals surface area contributed by atoms with E-state index in [1.807, 2.05) is 21.7 Å². The van der Waals surface area contributed by atoms with Gasteiger partial charge < -0.3 is 10.5 Å². The molecule has 2 aromatic rings. The van der Waals surface area contributed by atoms with Gasteiger partial charge in [-0.25, -0.2) is 4.79 Å². The molecule has 0 amide bonds. The first-order valence-corrected chi connectivity index (χ1v) is 12.5. The predicted octanol–water partition coefficient (Wildman–Crippen LogP) is 4.78. The van der Waals surface area contributed by atoms with E-state index in [-0.39, 0.29) is 5.78 Å². The Kier molecular flexibility index (Phi) is 5.39. The van der Waals surface area contributed by atoms with Crippen LogP contribution in [0.25, 0.3) is 0 Å². The van der Waals surface area contributed by atoms with Crippen LogP contribution < -0.4 is 10.6 Å². The predicted molar refractivity (Wildman–Crippen MR) is 125 cm³/mol. The maximum Gasteiger partial charge on any atom is 0.341 e. The van der Waals surface area contributed by atoms with Gasteiger partial charge in [-0.1, -0.05) is 0 Å². The number of methoxy groups -OCH3 is 1. The zero-order chi connectivity index (χ0) is 22.4. The zero-order valence-electron chi connectivity index (χ0n) is 17.8. The van der Waals surface area contributed by atoms with Gasteiger partial charge in [0.2, 0.25) is 0 Å². The van der Waals surface area contributed by atoms with Crippen LogP contribution in [-0.4, -0.2) is 18.9 Å². The topological polar surface area (TPSA) is 96.4 Å². The lowest BCUT2D eigenvalue weighted by Crippen LogP contribution is -2.39. The highest BCUT2D eigenvalue weighted by Crippen LogP contribution is 2.50. The molecule has 8 heteroatoms. The van der Waals surface area contributed by atoms with Crippen molar-refractivity contribution in [2.75, 3.05) is 12.0 Å². The molecule has 0 saturated carbocycles. The lowest BCUT2D eigenvalue weighted by molar-refractivity contribution is -0.116. The minimum atomic E-state index is -0.457. The molecule has 0 saturated heterocycles. The first-order chi connectivity index (χ1) is 15.6. The molecule has 1 atom stereocenters. The Morgan fingerprint density at radius 3 is 2.78 bits per heavy atom. The number of ether oxygens (including phenoxy) is 1. The second-order valence-corrected chi connectivity index (χ2v) is 10.1. The van der Waals surface area contributed by atoms with Crippen LogP contribution in [0.15, 0.2) is 39.5 Å². The van der Waals surface area contributed by atoms with E-state index in [0.717, 1.165) is 48.9 Å². The number of hydrogen-bond acceptors (Lipinski definition) is 8. The van der Waals surface area contributed by atoms with Crippen molar-refractivity contribution in [3.05, 3.63) is 61.1 Å². The number of fused-ring (bicyclic) bond motifs is 1. The van der Waals surface area contributed by atoms with Gasteiger partial charge in [-0.2, -0.15) is 16.6 Å². The fourth-order valence-electron chi connectivity index (χ4n) is 5.11. The summed E-state index contributed by atoms with van der Waals surface area (Å²) in [6.07, 6.45) is 5.68. The highest BCUT2D eigenvalue weighted by molar-refractivity contribution is 7.16. The van der Waals surface area contributed by atoms with E-state index >= 15 is 0 Å². The van der Waals surface area contributed by atoms with Gasteiger partial charge in [0, 0.05) is 22.6 Å². The van der Waals surface area contributed by atoms with Crippen LogP contribution in [0.5, 0.6) is 0 Å². The SMILES string of the molecule is COC(=O)c1c(N2C(N)=C(C#N)[C@H](c3ccsc3)C3=C2CCCC3=O)sc2c1CCCC2. The average Bonchev–Trinajstić information content (AvgIpc) is 3.46. The standard InChI is InChI=1S/C24H23N3O3S2/c1-30-24(29)20-14-5-2-3-8-18(14)32-23(20)27-16-6-4-7-17(28)21(16)19(13-9-10-31-12-13)15(11-25)22(27)26/h9-10,12,19H,2-8,26H2,1H3/t19-/m0/s1. The molecule has 32 heavy (non-hydrogen) atoms. The van der Waals surface area contributed by atoms with Gasteiger partial charge in [-0.05, 0) is 66.5 Å². The summed E-state index contributed by atoms with van der Waals surface area (Å²) < 4.78 is 5.16. The van der Waals surface area contributed by atoms with Gasteiger partial charge in [-0.15, -0.1) is 11.3 Å². The molecule has 0 bridgehead atoms. The Balaban J connectivity index is 1.78. The number of carbonyl (C=O) groups excluding carboxylic acids is 2. The van der Waals surface area contributed by atoms with E-state index in [4.69, 9.17) is 10.5 Å². The maximum atomic E-state index is 13.2. The van der Waals surface area contributed by atoms with Crippen molar-refractivity contribution in [3.8, 4) is 6.07 Å². The van der Waals surface area contributed by atoms with Crippen molar-refractivity contribution in [1.29, 1.82) is 5.26 Å². The van der Waals surface area contributed by atoms with Crippen molar-refractivity contribution in [2.45, 2.75) is 50.9 Å². The molecule has 0 unspecified atom stereocenters. The third kappa shape index (κ3) is 3.11. The number of nitrogens with two attached hydrogens (primary N) is 1. The van der Waals surface area contributed by atoms with Crippen LogP contribution in [0.4, 0.5) is 5.00 Å². The average molecular weight is 466 g/mol. The minimum absolute atomic E-state index is 0.0497. The maximum absolute atomic E-state index is 13.2. The summed E-state index contributed by atoms with van der Waals surface area (Å²) in [6, 6.07) is 4.24. The molecule has 3 aliphatic rings. The number of hydrogen-bond donors (Lipinski definition) is 1. The molecule has 2 aromatic heterocycles. The molecule has 0 aromatic carbocycles. The normalized spacial score (nSPS) is 20.7. The fraction of sp³-hybridized carbons (Fsp3) is 0.375. The second-order valence-electron chi connectivity index (χ2n) is 8.26. The first-order valence-electron chi connectivity index (χ1n) is 10.8. The van der Waals surface area contributed by atoms with Crippen LogP contribution in [0.3, 0.4) is 0 Å². The molecule has 0 spiro atoms. The summed E-state index contributed by atoms with van der Waals surface area (Å²) >= 11 is 3.08. The number of Topliss-reactive ketones (excluding diaryl/α,β-unsaturated/α-hetero) is 1. The fourth-order valence-corrected chi connectivity index (χ4v) is 7.21. The van der Waals surface area contributed by atoms with E-state index in [2.05, 4.69) is 6.07 Å². The van der Waals surface area contributed by atoms with E-state index < -0.39 is 11.9 Å². The summed E-state index contributed by atoms with van der Waals surface area (Å²) in [6.45, 7) is 0. The molecule has 6 nitrogen and oxygen atoms in total. The van der Waals surface area contributed by atoms with Crippen LogP contribution in [0.2, 0.25) is 0 Å². The smallest absolute Gasteiger partial charge is 0.341 e. The Bertz CT molecular complexity index is 1210. The molecule has 3 heterocycles. The number of thiophene rings is 2. The molecule has 0 radical (unpaired) electrons. The summed E-state index contributed by atoms with van der Waals surface area (Å²) in [7, 11) is 1.39. The molecule has 5 rings (SSSR count). The highest BCUT2D eigenvalue weighted by Gasteiger charge is 2.42. The summed E-state index contributed by atoms with van der Waals surface area (Å²) in [5, 5.41) is 14.7. The van der Waals surface area contributed by atoms with E-state index in [9.17, 15) is 14.9 Å². The monoisotopic (exact) mass is 465 g/mol. The number of anilines is 1. The number of nitrogens with zero attached hydrogens (tertiary/aromatic N) is 2. The highest BCUT2D eigenvalue weighted by atomic mass is 32.1. The van der Waals surface area contributed by atoms with Gasteiger partial charge in [0.15, 0.2) is 5.78 Å². The Morgan fingerprint density at radius 2 is 2.06 bits per heavy atom. The number of aryl methyl sites for hydroxylation is 1. The molecular weight excluding hydrogens is 442 g/mol. The first kappa shape index (κ1) is 21.0. The molecule has 1 aliphatic heterocycles. The molecule has 2 N–H and O–H groups in total. The van der Waals surface area contributed by atoms with E-state index in [0.29, 0.717) is 40.4 Å². The van der Waals surface area contributed by atoms with Gasteiger partial charge in [0.1, 0.15) is 10.8 Å². The van der Waals surface area contributed by atoms with Gasteiger partial charge in [0.25, 0.3) is 0 Å². The lowest BCUT2D eigenvalue weighted by atomic mass is 9.76. The minimum Gasteiger partial charge on any atom is -0.465 e. The summed E-state index contributed by atoms with van der Waals surface area (Å²) in [5.74, 6) is -0.494. The van der Waals surface area contributed by atoms with Gasteiger partial charge in [-0.3, -0.25) is 9.69 Å².